The van der Waals surface area contributed by atoms with Crippen molar-refractivity contribution in [1.82, 2.24) is 15.5 Å². The predicted octanol–water partition coefficient (Wildman–Crippen LogP) is 0.935. The summed E-state index contributed by atoms with van der Waals surface area (Å²) in [6.45, 7) is 1.09. The fraction of sp³-hybridized carbons (Fsp3) is 0.714. The number of hydrogen-bond acceptors (Lipinski definition) is 5. The topological polar surface area (TPSA) is 63.8 Å². The van der Waals surface area contributed by atoms with Crippen molar-refractivity contribution < 1.29 is 0 Å². The van der Waals surface area contributed by atoms with Crippen LogP contribution in [0.15, 0.2) is 0 Å². The number of rotatable bonds is 1. The fourth-order valence-corrected chi connectivity index (χ4v) is 2.17. The van der Waals surface area contributed by atoms with Crippen LogP contribution >= 0.6 is 11.3 Å². The molecule has 66 valence electrons. The lowest BCUT2D eigenvalue weighted by Crippen LogP contribution is -2.26. The van der Waals surface area contributed by atoms with Gasteiger partial charge in [0.05, 0.1) is 6.04 Å². The molecule has 4 nitrogen and oxygen atoms in total. The third-order valence-electron chi connectivity index (χ3n) is 2.06. The second-order valence-electron chi connectivity index (χ2n) is 2.98. The Labute approximate surface area is 75.2 Å². The first kappa shape index (κ1) is 7.94. The van der Waals surface area contributed by atoms with E-state index in [1.165, 1.54) is 24.2 Å². The Morgan fingerprint density at radius 3 is 2.92 bits per heavy atom. The summed E-state index contributed by atoms with van der Waals surface area (Å²) in [5, 5.41) is 12.8. The molecule has 0 aromatic carbocycles. The zero-order valence-electron chi connectivity index (χ0n) is 6.79. The zero-order valence-corrected chi connectivity index (χ0v) is 7.60. The van der Waals surface area contributed by atoms with Crippen LogP contribution < -0.4 is 11.1 Å². The van der Waals surface area contributed by atoms with Gasteiger partial charge in [0.2, 0.25) is 5.13 Å². The van der Waals surface area contributed by atoms with Crippen LogP contribution in [0.3, 0.4) is 0 Å². The van der Waals surface area contributed by atoms with E-state index < -0.39 is 0 Å². The number of anilines is 1. The van der Waals surface area contributed by atoms with Crippen LogP contribution in [-0.4, -0.2) is 16.7 Å². The van der Waals surface area contributed by atoms with Gasteiger partial charge in [-0.25, -0.2) is 0 Å². The molecule has 0 unspecified atom stereocenters. The highest BCUT2D eigenvalue weighted by Crippen LogP contribution is 2.25. The summed E-state index contributed by atoms with van der Waals surface area (Å²) in [5.41, 5.74) is 5.50. The van der Waals surface area contributed by atoms with Gasteiger partial charge in [0.25, 0.3) is 0 Å². The van der Waals surface area contributed by atoms with Crippen LogP contribution in [0.1, 0.15) is 30.3 Å². The van der Waals surface area contributed by atoms with Crippen molar-refractivity contribution >= 4 is 16.5 Å². The van der Waals surface area contributed by atoms with Gasteiger partial charge in [0.15, 0.2) is 0 Å². The Hall–Kier alpha value is -0.680. The molecular formula is C7H12N4S. The van der Waals surface area contributed by atoms with E-state index in [-0.39, 0.29) is 0 Å². The second kappa shape index (κ2) is 3.37. The summed E-state index contributed by atoms with van der Waals surface area (Å²) >= 11 is 1.49. The third kappa shape index (κ3) is 1.56. The lowest BCUT2D eigenvalue weighted by Gasteiger charge is -2.20. The normalized spacial score (nSPS) is 24.2. The van der Waals surface area contributed by atoms with Gasteiger partial charge in [-0.15, -0.1) is 10.2 Å². The first-order chi connectivity index (χ1) is 5.86. The van der Waals surface area contributed by atoms with Crippen LogP contribution in [0.25, 0.3) is 0 Å². The summed E-state index contributed by atoms with van der Waals surface area (Å²) in [7, 11) is 0. The quantitative estimate of drug-likeness (QED) is 0.681. The van der Waals surface area contributed by atoms with Crippen molar-refractivity contribution in [2.45, 2.75) is 25.3 Å². The van der Waals surface area contributed by atoms with Crippen LogP contribution in [0, 0.1) is 0 Å². The predicted molar refractivity (Wildman–Crippen MR) is 48.9 cm³/mol. The molecule has 1 atom stereocenters. The lowest BCUT2D eigenvalue weighted by atomic mass is 10.1. The molecule has 0 spiro atoms. The summed E-state index contributed by atoms with van der Waals surface area (Å²) in [6, 6.07) is 0.397. The van der Waals surface area contributed by atoms with Gasteiger partial charge < -0.3 is 11.1 Å². The maximum atomic E-state index is 5.50. The van der Waals surface area contributed by atoms with Gasteiger partial charge >= 0.3 is 0 Å². The van der Waals surface area contributed by atoms with E-state index in [4.69, 9.17) is 5.73 Å². The van der Waals surface area contributed by atoms with E-state index in [0.29, 0.717) is 11.2 Å². The Morgan fingerprint density at radius 2 is 2.33 bits per heavy atom. The molecular weight excluding hydrogens is 172 g/mol. The summed E-state index contributed by atoms with van der Waals surface area (Å²) in [6.07, 6.45) is 3.70. The second-order valence-corrected chi connectivity index (χ2v) is 4.02. The zero-order chi connectivity index (χ0) is 8.39. The van der Waals surface area contributed by atoms with Crippen LogP contribution in [-0.2, 0) is 0 Å². The van der Waals surface area contributed by atoms with Crippen molar-refractivity contribution in [1.29, 1.82) is 0 Å². The van der Waals surface area contributed by atoms with Crippen molar-refractivity contribution in [2.75, 3.05) is 12.3 Å². The molecule has 1 aliphatic rings. The van der Waals surface area contributed by atoms with Crippen LogP contribution in [0.2, 0.25) is 0 Å². The Bertz CT molecular complexity index is 254. The SMILES string of the molecule is Nc1nnc([C@@H]2CCCCN2)s1. The van der Waals surface area contributed by atoms with E-state index in [1.54, 1.807) is 0 Å². The van der Waals surface area contributed by atoms with Crippen LogP contribution in [0.4, 0.5) is 5.13 Å². The molecule has 5 heteroatoms. The molecule has 1 aromatic heterocycles. The third-order valence-corrected chi connectivity index (χ3v) is 2.93. The molecule has 12 heavy (non-hydrogen) atoms. The number of nitrogen functional groups attached to an aromatic ring is 1. The molecule has 2 heterocycles. The largest absolute Gasteiger partial charge is 0.374 e. The molecule has 0 aliphatic carbocycles. The van der Waals surface area contributed by atoms with Crippen molar-refractivity contribution in [3.05, 3.63) is 5.01 Å². The number of nitrogens with two attached hydrogens (primary N) is 1. The average molecular weight is 184 g/mol. The Morgan fingerprint density at radius 1 is 1.42 bits per heavy atom. The van der Waals surface area contributed by atoms with E-state index in [9.17, 15) is 0 Å². The molecule has 0 amide bonds. The number of aromatic nitrogens is 2. The highest BCUT2D eigenvalue weighted by atomic mass is 32.1. The van der Waals surface area contributed by atoms with Crippen LogP contribution in [0.5, 0.6) is 0 Å². The molecule has 3 N–H and O–H groups in total. The molecule has 1 saturated heterocycles. The first-order valence-corrected chi connectivity index (χ1v) is 5.00. The number of piperidine rings is 1. The molecule has 2 rings (SSSR count). The fourth-order valence-electron chi connectivity index (χ4n) is 1.45. The highest BCUT2D eigenvalue weighted by molar-refractivity contribution is 7.15. The minimum Gasteiger partial charge on any atom is -0.374 e. The molecule has 1 aliphatic heterocycles. The Balaban J connectivity index is 2.08. The van der Waals surface area contributed by atoms with E-state index >= 15 is 0 Å². The highest BCUT2D eigenvalue weighted by Gasteiger charge is 2.17. The Kier molecular flexibility index (Phi) is 2.23. The summed E-state index contributed by atoms with van der Waals surface area (Å²) in [4.78, 5) is 0. The summed E-state index contributed by atoms with van der Waals surface area (Å²) in [5.74, 6) is 0. The molecule has 1 fully saturated rings. The monoisotopic (exact) mass is 184 g/mol. The average Bonchev–Trinajstić information content (AvgIpc) is 2.54. The number of hydrogen-bond donors (Lipinski definition) is 2. The van der Waals surface area contributed by atoms with Crippen molar-refractivity contribution in [3.8, 4) is 0 Å². The first-order valence-electron chi connectivity index (χ1n) is 4.18. The van der Waals surface area contributed by atoms with Gasteiger partial charge in [0, 0.05) is 0 Å². The molecule has 0 radical (unpaired) electrons. The van der Waals surface area contributed by atoms with E-state index in [2.05, 4.69) is 15.5 Å². The standard InChI is InChI=1S/C7H12N4S/c8-7-11-10-6(12-7)5-3-1-2-4-9-5/h5,9H,1-4H2,(H2,8,11)/t5-/m0/s1. The number of nitrogens with zero attached hydrogens (tertiary/aromatic N) is 2. The maximum absolute atomic E-state index is 5.50. The van der Waals surface area contributed by atoms with Gasteiger partial charge in [-0.05, 0) is 19.4 Å². The molecule has 0 bridgehead atoms. The minimum atomic E-state index is 0.397. The van der Waals surface area contributed by atoms with Crippen molar-refractivity contribution in [2.24, 2.45) is 0 Å². The smallest absolute Gasteiger partial charge is 0.203 e. The van der Waals surface area contributed by atoms with E-state index in [0.717, 1.165) is 18.0 Å². The minimum absolute atomic E-state index is 0.397. The number of nitrogens with one attached hydrogen (secondary N) is 1. The molecule has 1 aromatic rings. The van der Waals surface area contributed by atoms with Gasteiger partial charge in [0.1, 0.15) is 5.01 Å². The lowest BCUT2D eigenvalue weighted by molar-refractivity contribution is 0.409. The van der Waals surface area contributed by atoms with Gasteiger partial charge in [-0.3, -0.25) is 0 Å². The van der Waals surface area contributed by atoms with Gasteiger partial charge in [-0.2, -0.15) is 0 Å². The van der Waals surface area contributed by atoms with Crippen molar-refractivity contribution in [3.63, 3.8) is 0 Å². The van der Waals surface area contributed by atoms with Gasteiger partial charge in [-0.1, -0.05) is 17.8 Å². The summed E-state index contributed by atoms with van der Waals surface area (Å²) < 4.78 is 0. The molecule has 0 saturated carbocycles. The van der Waals surface area contributed by atoms with E-state index in [1.807, 2.05) is 0 Å². The maximum Gasteiger partial charge on any atom is 0.203 e.